The summed E-state index contributed by atoms with van der Waals surface area (Å²) in [6, 6.07) is 9.18. The molecule has 0 saturated carbocycles. The molecule has 0 aliphatic heterocycles. The molecule has 0 aromatic heterocycles. The molecule has 152 valence electrons. The first-order valence-corrected chi connectivity index (χ1v) is 9.34. The molecule has 5 N–H and O–H groups in total. The molecule has 1 atom stereocenters. The number of aliphatic hydroxyl groups excluding tert-OH is 1. The minimum absolute atomic E-state index is 0. The summed E-state index contributed by atoms with van der Waals surface area (Å²) in [4.78, 5) is 12.5. The van der Waals surface area contributed by atoms with Crippen LogP contribution in [0.2, 0.25) is 5.02 Å². The highest BCUT2D eigenvalue weighted by Gasteiger charge is 2.27. The second kappa shape index (κ2) is 11.3. The van der Waals surface area contributed by atoms with Crippen LogP contribution in [-0.2, 0) is 9.53 Å². The average molecular weight is 540 g/mol. The van der Waals surface area contributed by atoms with Gasteiger partial charge in [0, 0.05) is 21.8 Å². The molecule has 2 aromatic rings. The van der Waals surface area contributed by atoms with Crippen LogP contribution in [0, 0.1) is 8.98 Å². The molecule has 0 fully saturated rings. The van der Waals surface area contributed by atoms with E-state index in [1.165, 1.54) is 7.11 Å². The Morgan fingerprint density at radius 1 is 1.36 bits per heavy atom. The van der Waals surface area contributed by atoms with Gasteiger partial charge in [-0.2, -0.15) is 0 Å². The maximum atomic E-state index is 12.5. The Hall–Kier alpha value is -1.75. The molecule has 0 spiro atoms. The standard InChI is InChI=1S/C18H19ClIN3O4.ClH/c1-26-18(25)15(23-12-4-2-10(3-5-12)17(21)22)13-8-11(19)9-14(20)16(13)27-7-6-24;/h2-5,8-9,15,23-24H,6-7H2,1H3,(H3,21,22);1H. The van der Waals surface area contributed by atoms with E-state index in [0.29, 0.717) is 31.2 Å². The SMILES string of the molecule is COC(=O)C(Nc1ccc(C(=N)N)cc1)c1cc(Cl)cc(I)c1OCCO.Cl. The number of nitrogens with two attached hydrogens (primary N) is 1. The third kappa shape index (κ3) is 6.13. The molecule has 7 nitrogen and oxygen atoms in total. The molecule has 10 heteroatoms. The van der Waals surface area contributed by atoms with Crippen LogP contribution in [0.25, 0.3) is 0 Å². The zero-order valence-electron chi connectivity index (χ0n) is 14.9. The molecule has 28 heavy (non-hydrogen) atoms. The summed E-state index contributed by atoms with van der Waals surface area (Å²) < 4.78 is 11.3. The number of halogens is 3. The lowest BCUT2D eigenvalue weighted by molar-refractivity contribution is -0.141. The van der Waals surface area contributed by atoms with Gasteiger partial charge in [0.2, 0.25) is 0 Å². The summed E-state index contributed by atoms with van der Waals surface area (Å²) in [5.41, 5.74) is 7.14. The van der Waals surface area contributed by atoms with Crippen molar-refractivity contribution in [3.05, 3.63) is 56.1 Å². The van der Waals surface area contributed by atoms with E-state index in [-0.39, 0.29) is 31.5 Å². The highest BCUT2D eigenvalue weighted by Crippen LogP contribution is 2.36. The van der Waals surface area contributed by atoms with Crippen LogP contribution in [0.3, 0.4) is 0 Å². The Kier molecular flexibility index (Phi) is 9.80. The molecule has 1 unspecified atom stereocenters. The summed E-state index contributed by atoms with van der Waals surface area (Å²) in [7, 11) is 1.29. The Morgan fingerprint density at radius 3 is 2.54 bits per heavy atom. The van der Waals surface area contributed by atoms with E-state index in [1.54, 1.807) is 36.4 Å². The number of aliphatic hydroxyl groups is 1. The van der Waals surface area contributed by atoms with Gasteiger partial charge < -0.3 is 25.6 Å². The van der Waals surface area contributed by atoms with Crippen molar-refractivity contribution >= 4 is 64.1 Å². The predicted molar refractivity (Wildman–Crippen MR) is 120 cm³/mol. The van der Waals surface area contributed by atoms with Crippen molar-refractivity contribution < 1.29 is 19.4 Å². The van der Waals surface area contributed by atoms with Crippen LogP contribution < -0.4 is 15.8 Å². The fraction of sp³-hybridized carbons (Fsp3) is 0.222. The molecule has 0 bridgehead atoms. The van der Waals surface area contributed by atoms with Crippen LogP contribution in [0.5, 0.6) is 5.75 Å². The molecule has 2 aromatic carbocycles. The number of hydrogen-bond acceptors (Lipinski definition) is 6. The van der Waals surface area contributed by atoms with E-state index in [4.69, 9.17) is 37.3 Å². The number of nitrogens with one attached hydrogen (secondary N) is 2. The monoisotopic (exact) mass is 539 g/mol. The molecule has 0 radical (unpaired) electrons. The topological polar surface area (TPSA) is 118 Å². The summed E-state index contributed by atoms with van der Waals surface area (Å²) in [6.45, 7) is -0.0905. The number of ether oxygens (including phenoxy) is 2. The molecular weight excluding hydrogens is 520 g/mol. The first kappa shape index (κ1) is 24.3. The minimum Gasteiger partial charge on any atom is -0.490 e. The lowest BCUT2D eigenvalue weighted by Crippen LogP contribution is -2.24. The summed E-state index contributed by atoms with van der Waals surface area (Å²) >= 11 is 8.23. The number of rotatable bonds is 8. The summed E-state index contributed by atoms with van der Waals surface area (Å²) in [5.74, 6) is -0.134. The Balaban J connectivity index is 0.00000392. The third-order valence-electron chi connectivity index (χ3n) is 3.63. The Bertz CT molecular complexity index is 834. The van der Waals surface area contributed by atoms with E-state index in [0.717, 1.165) is 0 Å². The third-order valence-corrected chi connectivity index (χ3v) is 4.65. The number of methoxy groups -OCH3 is 1. The van der Waals surface area contributed by atoms with E-state index >= 15 is 0 Å². The van der Waals surface area contributed by atoms with Gasteiger partial charge in [-0.15, -0.1) is 12.4 Å². The van der Waals surface area contributed by atoms with Gasteiger partial charge in [0.1, 0.15) is 18.2 Å². The van der Waals surface area contributed by atoms with Crippen molar-refractivity contribution in [3.63, 3.8) is 0 Å². The van der Waals surface area contributed by atoms with Gasteiger partial charge in [-0.25, -0.2) is 4.79 Å². The van der Waals surface area contributed by atoms with E-state index in [9.17, 15) is 4.79 Å². The van der Waals surface area contributed by atoms with Gasteiger partial charge in [-0.05, 0) is 59.0 Å². The number of anilines is 1. The summed E-state index contributed by atoms with van der Waals surface area (Å²) in [5, 5.41) is 20.1. The molecule has 0 amide bonds. The van der Waals surface area contributed by atoms with Crippen molar-refractivity contribution in [3.8, 4) is 5.75 Å². The zero-order chi connectivity index (χ0) is 20.0. The highest BCUT2D eigenvalue weighted by molar-refractivity contribution is 14.1. The van der Waals surface area contributed by atoms with Crippen LogP contribution in [0.4, 0.5) is 5.69 Å². The summed E-state index contributed by atoms with van der Waals surface area (Å²) in [6.07, 6.45) is 0. The lowest BCUT2D eigenvalue weighted by Gasteiger charge is -2.22. The van der Waals surface area contributed by atoms with Crippen molar-refractivity contribution in [1.82, 2.24) is 0 Å². The van der Waals surface area contributed by atoms with E-state index in [2.05, 4.69) is 27.9 Å². The van der Waals surface area contributed by atoms with E-state index < -0.39 is 12.0 Å². The van der Waals surface area contributed by atoms with Gasteiger partial charge in [-0.1, -0.05) is 11.6 Å². The quantitative estimate of drug-likeness (QED) is 0.177. The number of carbonyl (C=O) groups excluding carboxylic acids is 1. The average Bonchev–Trinajstić information content (AvgIpc) is 2.64. The smallest absolute Gasteiger partial charge is 0.333 e. The number of hydrogen-bond donors (Lipinski definition) is 4. The van der Waals surface area contributed by atoms with Crippen molar-refractivity contribution in [2.24, 2.45) is 5.73 Å². The maximum Gasteiger partial charge on any atom is 0.333 e. The normalized spacial score (nSPS) is 11.1. The first-order valence-electron chi connectivity index (χ1n) is 7.88. The number of benzene rings is 2. The van der Waals surface area contributed by atoms with Gasteiger partial charge >= 0.3 is 5.97 Å². The fourth-order valence-corrected chi connectivity index (χ4v) is 3.60. The Labute approximate surface area is 187 Å². The molecule has 2 rings (SSSR count). The van der Waals surface area contributed by atoms with Crippen LogP contribution in [0.15, 0.2) is 36.4 Å². The minimum atomic E-state index is -0.890. The van der Waals surface area contributed by atoms with Crippen molar-refractivity contribution in [2.45, 2.75) is 6.04 Å². The van der Waals surface area contributed by atoms with Gasteiger partial charge in [-0.3, -0.25) is 5.41 Å². The van der Waals surface area contributed by atoms with Gasteiger partial charge in [0.05, 0.1) is 17.3 Å². The second-order valence-electron chi connectivity index (χ2n) is 5.47. The Morgan fingerprint density at radius 2 is 2.00 bits per heavy atom. The number of nitrogen functional groups attached to an aromatic ring is 1. The van der Waals surface area contributed by atoms with Crippen molar-refractivity contribution in [2.75, 3.05) is 25.6 Å². The van der Waals surface area contributed by atoms with Gasteiger partial charge in [0.25, 0.3) is 0 Å². The number of esters is 1. The molecular formula is C18H20Cl2IN3O4. The van der Waals surface area contributed by atoms with Gasteiger partial charge in [0.15, 0.2) is 6.04 Å². The maximum absolute atomic E-state index is 12.5. The predicted octanol–water partition coefficient (Wildman–Crippen LogP) is 3.35. The molecule has 0 aliphatic rings. The second-order valence-corrected chi connectivity index (χ2v) is 7.07. The fourth-order valence-electron chi connectivity index (χ4n) is 2.39. The molecule has 0 aliphatic carbocycles. The molecule has 0 heterocycles. The first-order chi connectivity index (χ1) is 12.9. The van der Waals surface area contributed by atoms with Crippen LogP contribution in [0.1, 0.15) is 17.2 Å². The van der Waals surface area contributed by atoms with Crippen LogP contribution in [-0.4, -0.2) is 37.2 Å². The van der Waals surface area contributed by atoms with E-state index in [1.807, 2.05) is 0 Å². The number of carbonyl (C=O) groups is 1. The molecule has 0 saturated heterocycles. The highest BCUT2D eigenvalue weighted by atomic mass is 127. The van der Waals surface area contributed by atoms with Crippen molar-refractivity contribution in [1.29, 1.82) is 5.41 Å². The van der Waals surface area contributed by atoms with Crippen LogP contribution >= 0.6 is 46.6 Å². The lowest BCUT2D eigenvalue weighted by atomic mass is 10.0. The zero-order valence-corrected chi connectivity index (χ0v) is 18.6. The number of amidine groups is 1. The largest absolute Gasteiger partial charge is 0.490 e.